The first-order chi connectivity index (χ1) is 10.1. The Bertz CT molecular complexity index is 605. The molecule has 0 aromatic heterocycles. The number of ether oxygens (including phenoxy) is 1. The number of para-hydroxylation sites is 1. The van der Waals surface area contributed by atoms with Crippen molar-refractivity contribution in [3.8, 4) is 5.75 Å². The molecule has 110 valence electrons. The molecule has 0 bridgehead atoms. The fourth-order valence-corrected chi connectivity index (χ4v) is 2.15. The van der Waals surface area contributed by atoms with Crippen molar-refractivity contribution in [3.05, 3.63) is 58.6 Å². The van der Waals surface area contributed by atoms with Crippen molar-refractivity contribution in [3.63, 3.8) is 0 Å². The van der Waals surface area contributed by atoms with E-state index in [-0.39, 0.29) is 6.61 Å². The van der Waals surface area contributed by atoms with Gasteiger partial charge in [0.1, 0.15) is 5.75 Å². The fraction of sp³-hybridized carbons (Fsp3) is 0.133. The molecule has 2 aromatic carbocycles. The molecule has 0 saturated heterocycles. The third-order valence-electron chi connectivity index (χ3n) is 2.68. The van der Waals surface area contributed by atoms with Gasteiger partial charge in [-0.05, 0) is 30.3 Å². The van der Waals surface area contributed by atoms with Gasteiger partial charge in [0, 0.05) is 22.3 Å². The second-order valence-electron chi connectivity index (χ2n) is 4.35. The number of hydrogen-bond acceptors (Lipinski definition) is 4. The molecule has 0 aliphatic rings. The zero-order chi connectivity index (χ0) is 15.1. The summed E-state index contributed by atoms with van der Waals surface area (Å²) < 4.78 is 6.33. The number of nitrogens with two attached hydrogens (primary N) is 1. The first-order valence-corrected chi connectivity index (χ1v) is 7.18. The van der Waals surface area contributed by atoms with E-state index in [1.807, 2.05) is 42.5 Å². The summed E-state index contributed by atoms with van der Waals surface area (Å²) in [5, 5.41) is 0. The summed E-state index contributed by atoms with van der Waals surface area (Å²) in [4.78, 5) is 10.8. The zero-order valence-corrected chi connectivity index (χ0v) is 12.9. The number of rotatable bonds is 7. The van der Waals surface area contributed by atoms with Crippen LogP contribution >= 0.6 is 15.9 Å². The molecule has 1 amide bonds. The van der Waals surface area contributed by atoms with Crippen LogP contribution in [0.5, 0.6) is 5.75 Å². The maximum atomic E-state index is 10.8. The molecular weight excluding hydrogens is 334 g/mol. The maximum Gasteiger partial charge on any atom is 0.255 e. The van der Waals surface area contributed by atoms with Gasteiger partial charge in [-0.2, -0.15) is 0 Å². The van der Waals surface area contributed by atoms with Gasteiger partial charge < -0.3 is 15.9 Å². The van der Waals surface area contributed by atoms with E-state index in [2.05, 4.69) is 26.8 Å². The van der Waals surface area contributed by atoms with Crippen LogP contribution in [0.25, 0.3) is 0 Å². The lowest BCUT2D eigenvalue weighted by molar-refractivity contribution is -0.119. The lowest BCUT2D eigenvalue weighted by Crippen LogP contribution is -2.23. The van der Waals surface area contributed by atoms with Crippen LogP contribution in [0.2, 0.25) is 0 Å². The number of primary amides is 1. The summed E-state index contributed by atoms with van der Waals surface area (Å²) in [6.07, 6.45) is 0. The van der Waals surface area contributed by atoms with Crippen LogP contribution in [-0.2, 0) is 11.3 Å². The summed E-state index contributed by atoms with van der Waals surface area (Å²) in [6.45, 7) is 0.392. The van der Waals surface area contributed by atoms with Gasteiger partial charge in [-0.25, -0.2) is 5.43 Å². The topological polar surface area (TPSA) is 76.4 Å². The molecule has 0 aliphatic heterocycles. The molecular formula is C15H16BrN3O2. The molecule has 4 N–H and O–H groups in total. The second-order valence-corrected chi connectivity index (χ2v) is 5.27. The first kappa shape index (κ1) is 15.3. The van der Waals surface area contributed by atoms with Crippen molar-refractivity contribution >= 4 is 27.5 Å². The number of benzene rings is 2. The Labute approximate surface area is 131 Å². The number of halogens is 1. The Kier molecular flexibility index (Phi) is 5.59. The lowest BCUT2D eigenvalue weighted by Gasteiger charge is -2.13. The number of nitrogens with one attached hydrogen (secondary N) is 2. The lowest BCUT2D eigenvalue weighted by atomic mass is 10.2. The van der Waals surface area contributed by atoms with E-state index < -0.39 is 5.91 Å². The van der Waals surface area contributed by atoms with Crippen molar-refractivity contribution in [2.24, 2.45) is 5.73 Å². The average Bonchev–Trinajstić information content (AvgIpc) is 2.47. The molecule has 5 nitrogen and oxygen atoms in total. The third-order valence-corrected chi connectivity index (χ3v) is 3.17. The highest BCUT2D eigenvalue weighted by atomic mass is 79.9. The number of amides is 1. The minimum Gasteiger partial charge on any atom is -0.483 e. The standard InChI is InChI=1S/C15H16BrN3O2/c16-12-6-7-14(21-10-15(17)20)11(8-12)9-18-19-13-4-2-1-3-5-13/h1-8,18-19H,9-10H2,(H2,17,20). The molecule has 2 aromatic rings. The third kappa shape index (κ3) is 5.09. The highest BCUT2D eigenvalue weighted by Crippen LogP contribution is 2.23. The first-order valence-electron chi connectivity index (χ1n) is 6.38. The maximum absolute atomic E-state index is 10.8. The zero-order valence-electron chi connectivity index (χ0n) is 11.3. The average molecular weight is 350 g/mol. The smallest absolute Gasteiger partial charge is 0.255 e. The van der Waals surface area contributed by atoms with Crippen molar-refractivity contribution in [1.29, 1.82) is 0 Å². The van der Waals surface area contributed by atoms with E-state index in [4.69, 9.17) is 10.5 Å². The molecule has 0 radical (unpaired) electrons. The van der Waals surface area contributed by atoms with Gasteiger partial charge in [-0.1, -0.05) is 34.1 Å². The molecule has 0 saturated carbocycles. The summed E-state index contributed by atoms with van der Waals surface area (Å²) in [6, 6.07) is 15.3. The SMILES string of the molecule is NC(=O)COc1ccc(Br)cc1CNNc1ccccc1. The van der Waals surface area contributed by atoms with E-state index in [1.165, 1.54) is 0 Å². The molecule has 0 aliphatic carbocycles. The predicted octanol–water partition coefficient (Wildman–Crippen LogP) is 2.43. The Balaban J connectivity index is 1.97. The monoisotopic (exact) mass is 349 g/mol. The molecule has 0 atom stereocenters. The largest absolute Gasteiger partial charge is 0.483 e. The van der Waals surface area contributed by atoms with Gasteiger partial charge in [-0.15, -0.1) is 0 Å². The number of carbonyl (C=O) groups is 1. The van der Waals surface area contributed by atoms with Crippen molar-refractivity contribution in [2.75, 3.05) is 12.0 Å². The molecule has 0 fully saturated rings. The van der Waals surface area contributed by atoms with Crippen molar-refractivity contribution < 1.29 is 9.53 Å². The van der Waals surface area contributed by atoms with Gasteiger partial charge in [0.05, 0.1) is 0 Å². The van der Waals surface area contributed by atoms with E-state index in [0.29, 0.717) is 12.3 Å². The number of carbonyl (C=O) groups excluding carboxylic acids is 1. The summed E-state index contributed by atoms with van der Waals surface area (Å²) in [5.74, 6) is 0.124. The van der Waals surface area contributed by atoms with Gasteiger partial charge in [-0.3, -0.25) is 4.79 Å². The van der Waals surface area contributed by atoms with Crippen LogP contribution in [0.1, 0.15) is 5.56 Å². The van der Waals surface area contributed by atoms with E-state index in [1.54, 1.807) is 6.07 Å². The quantitative estimate of drug-likeness (QED) is 0.671. The normalized spacial score (nSPS) is 10.1. The number of anilines is 1. The van der Waals surface area contributed by atoms with E-state index in [0.717, 1.165) is 15.7 Å². The van der Waals surface area contributed by atoms with Gasteiger partial charge >= 0.3 is 0 Å². The Morgan fingerprint density at radius 3 is 2.67 bits per heavy atom. The molecule has 0 spiro atoms. The van der Waals surface area contributed by atoms with Crippen LogP contribution in [0.4, 0.5) is 5.69 Å². The van der Waals surface area contributed by atoms with Crippen LogP contribution in [0.15, 0.2) is 53.0 Å². The molecule has 0 heterocycles. The summed E-state index contributed by atoms with van der Waals surface area (Å²) in [5.41, 5.74) is 13.2. The number of hydrogen-bond donors (Lipinski definition) is 3. The van der Waals surface area contributed by atoms with Crippen LogP contribution < -0.4 is 21.3 Å². The number of hydrazine groups is 1. The minimum absolute atomic E-state index is 0.138. The van der Waals surface area contributed by atoms with Crippen LogP contribution in [-0.4, -0.2) is 12.5 Å². The summed E-state index contributed by atoms with van der Waals surface area (Å²) >= 11 is 3.42. The molecule has 0 unspecified atom stereocenters. The van der Waals surface area contributed by atoms with Crippen LogP contribution in [0, 0.1) is 0 Å². The minimum atomic E-state index is -0.501. The van der Waals surface area contributed by atoms with E-state index >= 15 is 0 Å². The Morgan fingerprint density at radius 1 is 1.19 bits per heavy atom. The molecule has 21 heavy (non-hydrogen) atoms. The van der Waals surface area contributed by atoms with Gasteiger partial charge in [0.15, 0.2) is 6.61 Å². The summed E-state index contributed by atoms with van der Waals surface area (Å²) in [7, 11) is 0. The predicted molar refractivity (Wildman–Crippen MR) is 85.7 cm³/mol. The van der Waals surface area contributed by atoms with Gasteiger partial charge in [0.2, 0.25) is 0 Å². The molecule has 6 heteroatoms. The fourth-order valence-electron chi connectivity index (χ4n) is 1.74. The second kappa shape index (κ2) is 7.66. The van der Waals surface area contributed by atoms with Crippen molar-refractivity contribution in [2.45, 2.75) is 6.54 Å². The van der Waals surface area contributed by atoms with Crippen molar-refractivity contribution in [1.82, 2.24) is 5.43 Å². The van der Waals surface area contributed by atoms with E-state index in [9.17, 15) is 4.79 Å². The highest BCUT2D eigenvalue weighted by Gasteiger charge is 2.06. The van der Waals surface area contributed by atoms with Crippen LogP contribution in [0.3, 0.4) is 0 Å². The highest BCUT2D eigenvalue weighted by molar-refractivity contribution is 9.10. The molecule has 2 rings (SSSR count). The van der Waals surface area contributed by atoms with Gasteiger partial charge in [0.25, 0.3) is 5.91 Å². The Morgan fingerprint density at radius 2 is 1.95 bits per heavy atom. The Hall–Kier alpha value is -2.05.